The molecule has 0 aliphatic heterocycles. The van der Waals surface area contributed by atoms with Gasteiger partial charge in [-0.15, -0.1) is 11.3 Å². The maximum absolute atomic E-state index is 5.13. The van der Waals surface area contributed by atoms with Gasteiger partial charge in [-0.05, 0) is 13.8 Å². The van der Waals surface area contributed by atoms with E-state index in [0.717, 1.165) is 23.2 Å². The van der Waals surface area contributed by atoms with Crippen LogP contribution in [0.3, 0.4) is 0 Å². The molecule has 0 amide bonds. The molecule has 1 unspecified atom stereocenters. The fourth-order valence-corrected chi connectivity index (χ4v) is 2.66. The van der Waals surface area contributed by atoms with E-state index in [1.807, 2.05) is 0 Å². The van der Waals surface area contributed by atoms with Crippen LogP contribution in [0.1, 0.15) is 45.3 Å². The third-order valence-electron chi connectivity index (χ3n) is 2.84. The van der Waals surface area contributed by atoms with Crippen LogP contribution in [-0.4, -0.2) is 37.2 Å². The van der Waals surface area contributed by atoms with E-state index in [2.05, 4.69) is 60.6 Å². The molecule has 0 aliphatic carbocycles. The van der Waals surface area contributed by atoms with Gasteiger partial charge in [-0.25, -0.2) is 9.98 Å². The molecule has 0 radical (unpaired) electrons. The lowest BCUT2D eigenvalue weighted by atomic mass is 9.93. The topological polar surface area (TPSA) is 58.5 Å². The van der Waals surface area contributed by atoms with Gasteiger partial charge in [0.1, 0.15) is 5.01 Å². The van der Waals surface area contributed by atoms with Gasteiger partial charge < -0.3 is 15.4 Å². The van der Waals surface area contributed by atoms with Crippen molar-refractivity contribution in [3.05, 3.63) is 16.1 Å². The molecule has 1 atom stereocenters. The average Bonchev–Trinajstić information content (AvgIpc) is 2.85. The van der Waals surface area contributed by atoms with Crippen LogP contribution in [-0.2, 0) is 16.7 Å². The fraction of sp³-hybridized carbons (Fsp3) is 0.733. The molecule has 0 aromatic carbocycles. The summed E-state index contributed by atoms with van der Waals surface area (Å²) in [5.41, 5.74) is 1.22. The largest absolute Gasteiger partial charge is 0.383 e. The number of hydrogen-bond acceptors (Lipinski definition) is 4. The summed E-state index contributed by atoms with van der Waals surface area (Å²) in [5.74, 6) is 0.801. The molecule has 5 nitrogen and oxygen atoms in total. The summed E-state index contributed by atoms with van der Waals surface area (Å²) >= 11 is 1.67. The molecule has 1 rings (SSSR count). The van der Waals surface area contributed by atoms with E-state index in [-0.39, 0.29) is 11.5 Å². The van der Waals surface area contributed by atoms with Crippen LogP contribution in [0.25, 0.3) is 0 Å². The number of ether oxygens (including phenoxy) is 1. The van der Waals surface area contributed by atoms with Crippen molar-refractivity contribution in [1.29, 1.82) is 0 Å². The molecule has 1 heterocycles. The molecule has 0 spiro atoms. The minimum Gasteiger partial charge on any atom is -0.383 e. The first-order valence-electron chi connectivity index (χ1n) is 7.35. The van der Waals surface area contributed by atoms with Crippen molar-refractivity contribution in [1.82, 2.24) is 15.6 Å². The van der Waals surface area contributed by atoms with E-state index >= 15 is 0 Å². The Bertz CT molecular complexity index is 451. The van der Waals surface area contributed by atoms with Crippen molar-refractivity contribution in [3.8, 4) is 0 Å². The van der Waals surface area contributed by atoms with E-state index in [4.69, 9.17) is 4.74 Å². The number of nitrogens with one attached hydrogen (secondary N) is 2. The van der Waals surface area contributed by atoms with Gasteiger partial charge >= 0.3 is 0 Å². The minimum absolute atomic E-state index is 0.0915. The van der Waals surface area contributed by atoms with Gasteiger partial charge in [0.15, 0.2) is 5.96 Å². The molecule has 120 valence electrons. The molecular formula is C15H28N4OS. The lowest BCUT2D eigenvalue weighted by molar-refractivity contribution is 0.179. The third kappa shape index (κ3) is 6.44. The Labute approximate surface area is 132 Å². The SMILES string of the molecule is CCNC(=NCc1nc(C(C)(C)C)cs1)NC(C)COC. The van der Waals surface area contributed by atoms with Gasteiger partial charge in [0.05, 0.1) is 18.8 Å². The number of rotatable bonds is 6. The number of methoxy groups -OCH3 is 1. The predicted octanol–water partition coefficient (Wildman–Crippen LogP) is 2.53. The first kappa shape index (κ1) is 17.9. The lowest BCUT2D eigenvalue weighted by Crippen LogP contribution is -2.43. The van der Waals surface area contributed by atoms with Gasteiger partial charge in [-0.3, -0.25) is 0 Å². The Morgan fingerprint density at radius 2 is 2.19 bits per heavy atom. The van der Waals surface area contributed by atoms with Crippen LogP contribution in [0.15, 0.2) is 10.4 Å². The Morgan fingerprint density at radius 3 is 2.71 bits per heavy atom. The fourth-order valence-electron chi connectivity index (χ4n) is 1.72. The van der Waals surface area contributed by atoms with Crippen LogP contribution in [0, 0.1) is 0 Å². The Balaban J connectivity index is 2.67. The molecule has 21 heavy (non-hydrogen) atoms. The van der Waals surface area contributed by atoms with Gasteiger partial charge in [0.25, 0.3) is 0 Å². The molecule has 2 N–H and O–H groups in total. The van der Waals surface area contributed by atoms with Gasteiger partial charge in [-0.2, -0.15) is 0 Å². The molecule has 6 heteroatoms. The quantitative estimate of drug-likeness (QED) is 0.626. The van der Waals surface area contributed by atoms with E-state index in [9.17, 15) is 0 Å². The van der Waals surface area contributed by atoms with Crippen LogP contribution < -0.4 is 10.6 Å². The van der Waals surface area contributed by atoms with Crippen LogP contribution >= 0.6 is 11.3 Å². The smallest absolute Gasteiger partial charge is 0.191 e. The number of guanidine groups is 1. The summed E-state index contributed by atoms with van der Waals surface area (Å²) < 4.78 is 5.13. The van der Waals surface area contributed by atoms with Crippen LogP contribution in [0.4, 0.5) is 0 Å². The van der Waals surface area contributed by atoms with E-state index in [0.29, 0.717) is 13.2 Å². The Hall–Kier alpha value is -1.14. The molecule has 0 saturated heterocycles. The highest BCUT2D eigenvalue weighted by molar-refractivity contribution is 7.09. The summed E-state index contributed by atoms with van der Waals surface area (Å²) in [4.78, 5) is 9.25. The molecule has 0 fully saturated rings. The zero-order valence-corrected chi connectivity index (χ0v) is 14.8. The molecule has 0 saturated carbocycles. The van der Waals surface area contributed by atoms with Crippen molar-refractivity contribution >= 4 is 17.3 Å². The summed E-state index contributed by atoms with van der Waals surface area (Å²) in [7, 11) is 1.70. The Kier molecular flexibility index (Phi) is 7.11. The third-order valence-corrected chi connectivity index (χ3v) is 3.67. The first-order valence-corrected chi connectivity index (χ1v) is 8.23. The number of thiazole rings is 1. The molecule has 1 aromatic rings. The molecule has 0 bridgehead atoms. The summed E-state index contributed by atoms with van der Waals surface area (Å²) in [6, 6.07) is 0.217. The Morgan fingerprint density at radius 1 is 1.48 bits per heavy atom. The average molecular weight is 312 g/mol. The minimum atomic E-state index is 0.0915. The number of hydrogen-bond donors (Lipinski definition) is 2. The van der Waals surface area contributed by atoms with Gasteiger partial charge in [0, 0.05) is 30.5 Å². The van der Waals surface area contributed by atoms with E-state index in [1.165, 1.54) is 0 Å². The standard InChI is InChI=1S/C15H28N4OS/c1-7-16-14(18-11(2)9-20-6)17-8-13-19-12(10-21-13)15(3,4)5/h10-11H,7-9H2,1-6H3,(H2,16,17,18). The number of aromatic nitrogens is 1. The van der Waals surface area contributed by atoms with Crippen molar-refractivity contribution in [2.24, 2.45) is 4.99 Å². The number of aliphatic imine (C=N–C) groups is 1. The van der Waals surface area contributed by atoms with Crippen molar-refractivity contribution in [2.75, 3.05) is 20.3 Å². The van der Waals surface area contributed by atoms with Crippen LogP contribution in [0.2, 0.25) is 0 Å². The highest BCUT2D eigenvalue weighted by Gasteiger charge is 2.17. The normalized spacial score (nSPS) is 14.1. The van der Waals surface area contributed by atoms with E-state index < -0.39 is 0 Å². The summed E-state index contributed by atoms with van der Waals surface area (Å²) in [5, 5.41) is 9.72. The summed E-state index contributed by atoms with van der Waals surface area (Å²) in [6.45, 7) is 12.7. The zero-order chi connectivity index (χ0) is 15.9. The van der Waals surface area contributed by atoms with Crippen molar-refractivity contribution in [2.45, 2.75) is 52.6 Å². The zero-order valence-electron chi connectivity index (χ0n) is 14.0. The molecule has 0 aliphatic rings. The summed E-state index contributed by atoms with van der Waals surface area (Å²) in [6.07, 6.45) is 0. The van der Waals surface area contributed by atoms with Gasteiger partial charge in [-0.1, -0.05) is 20.8 Å². The van der Waals surface area contributed by atoms with E-state index in [1.54, 1.807) is 18.4 Å². The van der Waals surface area contributed by atoms with Crippen molar-refractivity contribution < 1.29 is 4.74 Å². The molecule has 1 aromatic heterocycles. The first-order chi connectivity index (χ1) is 9.86. The maximum atomic E-state index is 5.13. The second-order valence-corrected chi connectivity index (χ2v) is 7.02. The second-order valence-electron chi connectivity index (χ2n) is 6.07. The van der Waals surface area contributed by atoms with Crippen molar-refractivity contribution in [3.63, 3.8) is 0 Å². The number of nitrogens with zero attached hydrogens (tertiary/aromatic N) is 2. The lowest BCUT2D eigenvalue weighted by Gasteiger charge is -2.16. The highest BCUT2D eigenvalue weighted by Crippen LogP contribution is 2.24. The predicted molar refractivity (Wildman–Crippen MR) is 90.1 cm³/mol. The molecular weight excluding hydrogens is 284 g/mol. The van der Waals surface area contributed by atoms with Gasteiger partial charge in [0.2, 0.25) is 0 Å². The monoisotopic (exact) mass is 312 g/mol. The second kappa shape index (κ2) is 8.34. The maximum Gasteiger partial charge on any atom is 0.191 e. The van der Waals surface area contributed by atoms with Crippen LogP contribution in [0.5, 0.6) is 0 Å². The highest BCUT2D eigenvalue weighted by atomic mass is 32.1.